The Morgan fingerprint density at radius 1 is 1.20 bits per heavy atom. The molecule has 1 aromatic heterocycles. The van der Waals surface area contributed by atoms with Gasteiger partial charge in [-0.15, -0.1) is 13.2 Å². The summed E-state index contributed by atoms with van der Waals surface area (Å²) in [4.78, 5) is 4.19. The monoisotopic (exact) mass is 346 g/mol. The third kappa shape index (κ3) is 4.12. The van der Waals surface area contributed by atoms with Crippen molar-refractivity contribution in [1.29, 1.82) is 0 Å². The Labute approximate surface area is 121 Å². The molecule has 0 saturated heterocycles. The van der Waals surface area contributed by atoms with Gasteiger partial charge in [0.1, 0.15) is 11.6 Å². The van der Waals surface area contributed by atoms with Crippen molar-refractivity contribution in [2.75, 3.05) is 5.32 Å². The number of alkyl halides is 3. The zero-order valence-corrected chi connectivity index (χ0v) is 11.9. The van der Waals surface area contributed by atoms with Crippen LogP contribution in [0.4, 0.5) is 24.7 Å². The summed E-state index contributed by atoms with van der Waals surface area (Å²) < 4.78 is 40.7. The molecule has 1 aromatic carbocycles. The summed E-state index contributed by atoms with van der Waals surface area (Å²) in [5.41, 5.74) is 1.53. The molecule has 0 fully saturated rings. The highest BCUT2D eigenvalue weighted by Crippen LogP contribution is 2.26. The second kappa shape index (κ2) is 5.70. The van der Waals surface area contributed by atoms with Crippen molar-refractivity contribution in [3.8, 4) is 5.75 Å². The van der Waals surface area contributed by atoms with Crippen LogP contribution in [0.2, 0.25) is 0 Å². The lowest BCUT2D eigenvalue weighted by Crippen LogP contribution is -2.16. The van der Waals surface area contributed by atoms with Crippen LogP contribution in [-0.2, 0) is 0 Å². The van der Waals surface area contributed by atoms with Crippen LogP contribution in [0.25, 0.3) is 0 Å². The second-order valence-electron chi connectivity index (χ2n) is 4.02. The molecule has 0 unspecified atom stereocenters. The highest BCUT2D eigenvalue weighted by atomic mass is 79.9. The largest absolute Gasteiger partial charge is 0.573 e. The smallest absolute Gasteiger partial charge is 0.406 e. The number of halogens is 4. The van der Waals surface area contributed by atoms with Crippen molar-refractivity contribution in [3.63, 3.8) is 0 Å². The molecule has 1 heterocycles. The van der Waals surface area contributed by atoms with E-state index in [9.17, 15) is 13.2 Å². The van der Waals surface area contributed by atoms with Gasteiger partial charge in [0, 0.05) is 16.4 Å². The second-order valence-corrected chi connectivity index (χ2v) is 4.93. The van der Waals surface area contributed by atoms with Gasteiger partial charge in [0.2, 0.25) is 0 Å². The van der Waals surface area contributed by atoms with E-state index in [-0.39, 0.29) is 5.75 Å². The van der Waals surface area contributed by atoms with E-state index < -0.39 is 6.36 Å². The molecule has 20 heavy (non-hydrogen) atoms. The number of pyridine rings is 1. The van der Waals surface area contributed by atoms with Crippen molar-refractivity contribution in [3.05, 3.63) is 46.6 Å². The van der Waals surface area contributed by atoms with Crippen LogP contribution < -0.4 is 10.1 Å². The Bertz CT molecular complexity index is 600. The van der Waals surface area contributed by atoms with Crippen LogP contribution in [0.5, 0.6) is 5.75 Å². The van der Waals surface area contributed by atoms with E-state index in [1.54, 1.807) is 6.20 Å². The fourth-order valence-corrected chi connectivity index (χ4v) is 1.99. The predicted molar refractivity (Wildman–Crippen MR) is 73.1 cm³/mol. The minimum atomic E-state index is -4.68. The molecule has 0 radical (unpaired) electrons. The minimum Gasteiger partial charge on any atom is -0.406 e. The molecule has 1 N–H and O–H groups in total. The van der Waals surface area contributed by atoms with Gasteiger partial charge in [-0.1, -0.05) is 0 Å². The summed E-state index contributed by atoms with van der Waals surface area (Å²) in [6.45, 7) is 1.88. The maximum absolute atomic E-state index is 12.0. The summed E-state index contributed by atoms with van der Waals surface area (Å²) >= 11 is 3.31. The molecule has 0 amide bonds. The third-order valence-electron chi connectivity index (χ3n) is 2.40. The number of aromatic nitrogens is 1. The van der Waals surface area contributed by atoms with E-state index in [2.05, 4.69) is 31.0 Å². The van der Waals surface area contributed by atoms with Gasteiger partial charge in [0.25, 0.3) is 0 Å². The van der Waals surface area contributed by atoms with E-state index >= 15 is 0 Å². The molecule has 0 atom stereocenters. The van der Waals surface area contributed by atoms with Gasteiger partial charge in [0.15, 0.2) is 0 Å². The van der Waals surface area contributed by atoms with Gasteiger partial charge in [-0.05, 0) is 58.7 Å². The molecular formula is C13H10BrF3N2O. The molecule has 0 bridgehead atoms. The minimum absolute atomic E-state index is 0.261. The molecule has 0 aliphatic rings. The van der Waals surface area contributed by atoms with E-state index in [1.807, 2.05) is 13.0 Å². The van der Waals surface area contributed by atoms with Gasteiger partial charge in [-0.3, -0.25) is 0 Å². The number of hydrogen-bond donors (Lipinski definition) is 1. The molecule has 2 rings (SSSR count). The standard InChI is InChI=1S/C13H10BrF3N2O/c1-8-6-9(14)7-18-12(8)19-10-2-4-11(5-3-10)20-13(15,16)17/h2-7H,1H3,(H,18,19). The van der Waals surface area contributed by atoms with Crippen molar-refractivity contribution >= 4 is 27.4 Å². The Balaban J connectivity index is 2.11. The fourth-order valence-electron chi connectivity index (χ4n) is 1.55. The normalized spacial score (nSPS) is 11.2. The number of aryl methyl sites for hydroxylation is 1. The molecule has 3 nitrogen and oxygen atoms in total. The van der Waals surface area contributed by atoms with Crippen LogP contribution in [-0.4, -0.2) is 11.3 Å². The summed E-state index contributed by atoms with van der Waals surface area (Å²) in [7, 11) is 0. The first kappa shape index (κ1) is 14.6. The van der Waals surface area contributed by atoms with Gasteiger partial charge in [-0.2, -0.15) is 0 Å². The van der Waals surface area contributed by atoms with Crippen LogP contribution in [0, 0.1) is 6.92 Å². The molecule has 7 heteroatoms. The van der Waals surface area contributed by atoms with Crippen molar-refractivity contribution in [2.24, 2.45) is 0 Å². The molecule has 0 spiro atoms. The molecule has 0 saturated carbocycles. The van der Waals surface area contributed by atoms with Gasteiger partial charge in [0.05, 0.1) is 0 Å². The molecule has 106 valence electrons. The maximum Gasteiger partial charge on any atom is 0.573 e. The lowest BCUT2D eigenvalue weighted by atomic mass is 10.2. The van der Waals surface area contributed by atoms with E-state index in [1.165, 1.54) is 24.3 Å². The zero-order valence-electron chi connectivity index (χ0n) is 10.3. The van der Waals surface area contributed by atoms with Crippen LogP contribution in [0.15, 0.2) is 41.0 Å². The van der Waals surface area contributed by atoms with E-state index in [0.29, 0.717) is 11.5 Å². The van der Waals surface area contributed by atoms with Gasteiger partial charge < -0.3 is 10.1 Å². The lowest BCUT2D eigenvalue weighted by Gasteiger charge is -2.11. The van der Waals surface area contributed by atoms with Crippen molar-refractivity contribution in [1.82, 2.24) is 4.98 Å². The first-order valence-electron chi connectivity index (χ1n) is 5.58. The summed E-state index contributed by atoms with van der Waals surface area (Å²) in [5, 5.41) is 3.02. The highest BCUT2D eigenvalue weighted by Gasteiger charge is 2.30. The maximum atomic E-state index is 12.0. The average molecular weight is 347 g/mol. The van der Waals surface area contributed by atoms with Crippen LogP contribution >= 0.6 is 15.9 Å². The number of hydrogen-bond acceptors (Lipinski definition) is 3. The molecule has 0 aliphatic heterocycles. The number of ether oxygens (including phenoxy) is 1. The summed E-state index contributed by atoms with van der Waals surface area (Å²) in [6, 6.07) is 7.35. The lowest BCUT2D eigenvalue weighted by molar-refractivity contribution is -0.274. The van der Waals surface area contributed by atoms with Gasteiger partial charge >= 0.3 is 6.36 Å². The molecule has 2 aromatic rings. The number of rotatable bonds is 3. The highest BCUT2D eigenvalue weighted by molar-refractivity contribution is 9.10. The zero-order chi connectivity index (χ0) is 14.8. The Morgan fingerprint density at radius 2 is 1.85 bits per heavy atom. The Morgan fingerprint density at radius 3 is 2.40 bits per heavy atom. The van der Waals surface area contributed by atoms with E-state index in [4.69, 9.17) is 0 Å². The van der Waals surface area contributed by atoms with Gasteiger partial charge in [-0.25, -0.2) is 4.98 Å². The van der Waals surface area contributed by atoms with E-state index in [0.717, 1.165) is 10.0 Å². The molecular weight excluding hydrogens is 337 g/mol. The average Bonchev–Trinajstić information content (AvgIpc) is 2.33. The first-order valence-corrected chi connectivity index (χ1v) is 6.38. The first-order chi connectivity index (χ1) is 9.33. The topological polar surface area (TPSA) is 34.2 Å². The van der Waals surface area contributed by atoms with Crippen molar-refractivity contribution < 1.29 is 17.9 Å². The third-order valence-corrected chi connectivity index (χ3v) is 2.83. The summed E-state index contributed by atoms with van der Waals surface area (Å²) in [5.74, 6) is 0.376. The number of benzene rings is 1. The Kier molecular flexibility index (Phi) is 4.17. The molecule has 0 aliphatic carbocycles. The number of anilines is 2. The van der Waals surface area contributed by atoms with Crippen molar-refractivity contribution in [2.45, 2.75) is 13.3 Å². The predicted octanol–water partition coefficient (Wildman–Crippen LogP) is 4.79. The SMILES string of the molecule is Cc1cc(Br)cnc1Nc1ccc(OC(F)(F)F)cc1. The number of nitrogens with one attached hydrogen (secondary N) is 1. The fraction of sp³-hybridized carbons (Fsp3) is 0.154. The Hall–Kier alpha value is -1.76. The van der Waals surface area contributed by atoms with Crippen LogP contribution in [0.1, 0.15) is 5.56 Å². The summed E-state index contributed by atoms with van der Waals surface area (Å²) in [6.07, 6.45) is -3.05. The number of nitrogens with zero attached hydrogens (tertiary/aromatic N) is 1. The van der Waals surface area contributed by atoms with Crippen LogP contribution in [0.3, 0.4) is 0 Å². The quantitative estimate of drug-likeness (QED) is 0.867.